The van der Waals surface area contributed by atoms with Crippen LogP contribution in [0.3, 0.4) is 0 Å². The lowest BCUT2D eigenvalue weighted by molar-refractivity contribution is -0.115. The van der Waals surface area contributed by atoms with Crippen LogP contribution < -0.4 is 0 Å². The zero-order valence-corrected chi connectivity index (χ0v) is 6.64. The number of rotatable bonds is 3. The van der Waals surface area contributed by atoms with Gasteiger partial charge in [-0.15, -0.1) is 0 Å². The van der Waals surface area contributed by atoms with Crippen LogP contribution in [0.25, 0.3) is 0 Å². The number of carbonyl (C=O) groups excluding carboxylic acids is 1. The van der Waals surface area contributed by atoms with Crippen molar-refractivity contribution in [3.63, 3.8) is 0 Å². The number of carbonyl (C=O) groups is 1. The van der Waals surface area contributed by atoms with Gasteiger partial charge in [0.15, 0.2) is 0 Å². The molecule has 0 bridgehead atoms. The molecule has 0 aliphatic heterocycles. The predicted octanol–water partition coefficient (Wildman–Crippen LogP) is 2.51. The summed E-state index contributed by atoms with van der Waals surface area (Å²) < 4.78 is 38.7. The second-order valence-electron chi connectivity index (χ2n) is 2.56. The predicted molar refractivity (Wildman–Crippen MR) is 41.0 cm³/mol. The maximum Gasteiger partial charge on any atom is 0.282 e. The van der Waals surface area contributed by atoms with Crippen LogP contribution in [0.2, 0.25) is 0 Å². The standard InChI is InChI=1S/C9H7F3O/c10-8-4-2-1-3-7(8)9(11,12)5-6-13/h1-4,6H,5H2. The molecule has 0 atom stereocenters. The number of aldehydes is 1. The van der Waals surface area contributed by atoms with Crippen molar-refractivity contribution in [1.82, 2.24) is 0 Å². The van der Waals surface area contributed by atoms with Crippen LogP contribution in [0.4, 0.5) is 13.2 Å². The van der Waals surface area contributed by atoms with Crippen molar-refractivity contribution in [1.29, 1.82) is 0 Å². The van der Waals surface area contributed by atoms with Crippen LogP contribution in [0.5, 0.6) is 0 Å². The fourth-order valence-corrected chi connectivity index (χ4v) is 0.972. The maximum atomic E-state index is 12.9. The average molecular weight is 188 g/mol. The lowest BCUT2D eigenvalue weighted by Gasteiger charge is -2.13. The second kappa shape index (κ2) is 3.60. The molecule has 13 heavy (non-hydrogen) atoms. The summed E-state index contributed by atoms with van der Waals surface area (Å²) in [5, 5.41) is 0. The van der Waals surface area contributed by atoms with Gasteiger partial charge in [0.2, 0.25) is 0 Å². The monoisotopic (exact) mass is 188 g/mol. The first kappa shape index (κ1) is 9.77. The minimum Gasteiger partial charge on any atom is -0.303 e. The van der Waals surface area contributed by atoms with Gasteiger partial charge in [0.05, 0.1) is 12.0 Å². The van der Waals surface area contributed by atoms with Gasteiger partial charge in [0.1, 0.15) is 12.1 Å². The Morgan fingerprint density at radius 1 is 1.31 bits per heavy atom. The Bertz CT molecular complexity index is 309. The molecule has 0 N–H and O–H groups in total. The molecule has 1 nitrogen and oxygen atoms in total. The molecule has 0 aliphatic rings. The molecular weight excluding hydrogens is 181 g/mol. The highest BCUT2D eigenvalue weighted by molar-refractivity contribution is 5.52. The van der Waals surface area contributed by atoms with Crippen LogP contribution in [-0.4, -0.2) is 6.29 Å². The van der Waals surface area contributed by atoms with E-state index in [9.17, 15) is 18.0 Å². The third-order valence-corrected chi connectivity index (χ3v) is 1.61. The van der Waals surface area contributed by atoms with E-state index >= 15 is 0 Å². The van der Waals surface area contributed by atoms with Crippen molar-refractivity contribution >= 4 is 6.29 Å². The molecule has 1 rings (SSSR count). The van der Waals surface area contributed by atoms with E-state index < -0.39 is 23.7 Å². The third kappa shape index (κ3) is 2.08. The summed E-state index contributed by atoms with van der Waals surface area (Å²) in [6.45, 7) is 0. The molecule has 0 unspecified atom stereocenters. The lowest BCUT2D eigenvalue weighted by Crippen LogP contribution is -2.15. The van der Waals surface area contributed by atoms with Crippen molar-refractivity contribution in [2.45, 2.75) is 12.3 Å². The van der Waals surface area contributed by atoms with Gasteiger partial charge in [0, 0.05) is 0 Å². The summed E-state index contributed by atoms with van der Waals surface area (Å²) in [4.78, 5) is 9.90. The number of alkyl halides is 2. The zero-order chi connectivity index (χ0) is 9.90. The Labute approximate surface area is 73.2 Å². The second-order valence-corrected chi connectivity index (χ2v) is 2.56. The Hall–Kier alpha value is -1.32. The highest BCUT2D eigenvalue weighted by atomic mass is 19.3. The van der Waals surface area contributed by atoms with E-state index in [1.807, 2.05) is 0 Å². The smallest absolute Gasteiger partial charge is 0.282 e. The first-order valence-corrected chi connectivity index (χ1v) is 3.64. The molecule has 70 valence electrons. The summed E-state index contributed by atoms with van der Waals surface area (Å²) in [5.41, 5.74) is -0.734. The minimum atomic E-state index is -3.41. The van der Waals surface area contributed by atoms with E-state index in [0.29, 0.717) is 0 Å². The number of hydrogen-bond acceptors (Lipinski definition) is 1. The Balaban J connectivity index is 3.06. The largest absolute Gasteiger partial charge is 0.303 e. The van der Waals surface area contributed by atoms with E-state index in [0.717, 1.165) is 12.1 Å². The highest BCUT2D eigenvalue weighted by Gasteiger charge is 2.33. The van der Waals surface area contributed by atoms with Crippen molar-refractivity contribution in [3.8, 4) is 0 Å². The lowest BCUT2D eigenvalue weighted by atomic mass is 10.1. The molecule has 1 aromatic rings. The summed E-state index contributed by atoms with van der Waals surface area (Å²) >= 11 is 0. The third-order valence-electron chi connectivity index (χ3n) is 1.61. The molecular formula is C9H7F3O. The Kier molecular flexibility index (Phi) is 2.70. The summed E-state index contributed by atoms with van der Waals surface area (Å²) in [7, 11) is 0. The van der Waals surface area contributed by atoms with Gasteiger partial charge in [-0.05, 0) is 6.07 Å². The molecule has 0 saturated carbocycles. The number of benzene rings is 1. The van der Waals surface area contributed by atoms with Crippen LogP contribution in [0.1, 0.15) is 12.0 Å². The van der Waals surface area contributed by atoms with Gasteiger partial charge < -0.3 is 4.79 Å². The van der Waals surface area contributed by atoms with E-state index in [1.54, 1.807) is 0 Å². The van der Waals surface area contributed by atoms with Gasteiger partial charge in [-0.1, -0.05) is 18.2 Å². The molecule has 1 aromatic carbocycles. The van der Waals surface area contributed by atoms with Gasteiger partial charge >= 0.3 is 0 Å². The molecule has 0 amide bonds. The highest BCUT2D eigenvalue weighted by Crippen LogP contribution is 2.32. The fraction of sp³-hybridized carbons (Fsp3) is 0.222. The molecule has 0 spiro atoms. The SMILES string of the molecule is O=CCC(F)(F)c1ccccc1F. The first-order valence-electron chi connectivity index (χ1n) is 3.64. The average Bonchev–Trinajstić information content (AvgIpc) is 2.04. The molecule has 0 saturated heterocycles. The number of halogens is 3. The zero-order valence-electron chi connectivity index (χ0n) is 6.64. The number of hydrogen-bond donors (Lipinski definition) is 0. The van der Waals surface area contributed by atoms with Crippen molar-refractivity contribution in [2.24, 2.45) is 0 Å². The van der Waals surface area contributed by atoms with Crippen LogP contribution in [0.15, 0.2) is 24.3 Å². The molecule has 0 aliphatic carbocycles. The van der Waals surface area contributed by atoms with Gasteiger partial charge in [-0.25, -0.2) is 13.2 Å². The topological polar surface area (TPSA) is 17.1 Å². The Morgan fingerprint density at radius 3 is 2.46 bits per heavy atom. The van der Waals surface area contributed by atoms with Gasteiger partial charge in [-0.2, -0.15) is 0 Å². The molecule has 0 heterocycles. The van der Waals surface area contributed by atoms with E-state index in [4.69, 9.17) is 0 Å². The Morgan fingerprint density at radius 2 is 1.92 bits per heavy atom. The normalized spacial score (nSPS) is 11.3. The van der Waals surface area contributed by atoms with E-state index in [1.165, 1.54) is 12.1 Å². The van der Waals surface area contributed by atoms with Crippen molar-refractivity contribution in [2.75, 3.05) is 0 Å². The quantitative estimate of drug-likeness (QED) is 0.666. The van der Waals surface area contributed by atoms with E-state index in [2.05, 4.69) is 0 Å². The summed E-state index contributed by atoms with van der Waals surface area (Å²) in [5.74, 6) is -4.40. The van der Waals surface area contributed by atoms with Crippen LogP contribution >= 0.6 is 0 Å². The van der Waals surface area contributed by atoms with Crippen molar-refractivity contribution < 1.29 is 18.0 Å². The first-order chi connectivity index (χ1) is 6.08. The van der Waals surface area contributed by atoms with Crippen LogP contribution in [-0.2, 0) is 10.7 Å². The summed E-state index contributed by atoms with van der Waals surface area (Å²) in [6, 6.07) is 4.53. The fourth-order valence-electron chi connectivity index (χ4n) is 0.972. The molecule has 4 heteroatoms. The van der Waals surface area contributed by atoms with Crippen molar-refractivity contribution in [3.05, 3.63) is 35.6 Å². The van der Waals surface area contributed by atoms with E-state index in [-0.39, 0.29) is 6.29 Å². The van der Waals surface area contributed by atoms with Gasteiger partial charge in [-0.3, -0.25) is 0 Å². The maximum absolute atomic E-state index is 12.9. The van der Waals surface area contributed by atoms with Gasteiger partial charge in [0.25, 0.3) is 5.92 Å². The van der Waals surface area contributed by atoms with Crippen LogP contribution in [0, 0.1) is 5.82 Å². The minimum absolute atomic E-state index is 0.0758. The summed E-state index contributed by atoms with van der Waals surface area (Å²) in [6.07, 6.45) is -0.916. The molecule has 0 aromatic heterocycles. The molecule has 0 fully saturated rings. The molecule has 0 radical (unpaired) electrons.